The highest BCUT2D eigenvalue weighted by atomic mass is 35.5. The largest absolute Gasteiger partial charge is 0.476 e. The third kappa shape index (κ3) is 3.68. The minimum atomic E-state index is -1.27. The Bertz CT molecular complexity index is 459. The van der Waals surface area contributed by atoms with Gasteiger partial charge < -0.3 is 15.3 Å². The summed E-state index contributed by atoms with van der Waals surface area (Å²) in [6.45, 7) is 0. The number of oxime groups is 1. The fourth-order valence-electron chi connectivity index (χ4n) is 0.879. The maximum absolute atomic E-state index is 11.0. The van der Waals surface area contributed by atoms with Crippen LogP contribution in [0.5, 0.6) is 0 Å². The van der Waals surface area contributed by atoms with Crippen LogP contribution in [-0.4, -0.2) is 40.7 Å². The van der Waals surface area contributed by atoms with Crippen molar-refractivity contribution >= 4 is 45.7 Å². The molecule has 1 rings (SSSR count). The van der Waals surface area contributed by atoms with Crippen molar-refractivity contribution in [2.45, 2.75) is 0 Å². The minimum Gasteiger partial charge on any atom is -0.476 e. The van der Waals surface area contributed by atoms with Crippen molar-refractivity contribution in [3.05, 3.63) is 11.1 Å². The third-order valence-corrected chi connectivity index (χ3v) is 2.50. The Kier molecular flexibility index (Phi) is 4.85. The van der Waals surface area contributed by atoms with E-state index in [0.29, 0.717) is 0 Å². The van der Waals surface area contributed by atoms with Gasteiger partial charge >= 0.3 is 5.97 Å². The number of nitrogens with zero attached hydrogens (tertiary/aromatic N) is 2. The highest BCUT2D eigenvalue weighted by Gasteiger charge is 2.17. The quantitative estimate of drug-likeness (QED) is 0.470. The van der Waals surface area contributed by atoms with Crippen molar-refractivity contribution in [3.63, 3.8) is 0 Å². The van der Waals surface area contributed by atoms with Crippen LogP contribution < -0.4 is 5.32 Å². The van der Waals surface area contributed by atoms with Crippen LogP contribution in [0.15, 0.2) is 10.5 Å². The number of aromatic nitrogens is 1. The Morgan fingerprint density at radius 1 is 1.71 bits per heavy atom. The summed E-state index contributed by atoms with van der Waals surface area (Å²) >= 11 is 6.36. The van der Waals surface area contributed by atoms with Crippen molar-refractivity contribution in [2.75, 3.05) is 18.3 Å². The summed E-state index contributed by atoms with van der Waals surface area (Å²) in [6.07, 6.45) is 0. The van der Waals surface area contributed by atoms with E-state index >= 15 is 0 Å². The molecule has 0 fully saturated rings. The smallest absolute Gasteiger partial charge is 0.360 e. The van der Waals surface area contributed by atoms with Gasteiger partial charge in [0.25, 0.3) is 0 Å². The van der Waals surface area contributed by atoms with Gasteiger partial charge in [-0.15, -0.1) is 22.9 Å². The van der Waals surface area contributed by atoms with Gasteiger partial charge in [-0.25, -0.2) is 9.78 Å². The number of amides is 1. The number of aliphatic carboxylic acids is 1. The lowest BCUT2D eigenvalue weighted by atomic mass is 10.3. The van der Waals surface area contributed by atoms with E-state index < -0.39 is 11.9 Å². The topological polar surface area (TPSA) is 101 Å². The lowest BCUT2D eigenvalue weighted by Crippen LogP contribution is -2.16. The van der Waals surface area contributed by atoms with Gasteiger partial charge in [-0.05, 0) is 0 Å². The van der Waals surface area contributed by atoms with E-state index in [4.69, 9.17) is 16.7 Å². The highest BCUT2D eigenvalue weighted by molar-refractivity contribution is 7.14. The average molecular weight is 278 g/mol. The number of thiazole rings is 1. The first-order chi connectivity index (χ1) is 8.08. The molecule has 1 amide bonds. The number of carboxylic acids is 1. The van der Waals surface area contributed by atoms with Crippen molar-refractivity contribution in [3.8, 4) is 0 Å². The first kappa shape index (κ1) is 13.4. The molecule has 2 N–H and O–H groups in total. The van der Waals surface area contributed by atoms with E-state index in [2.05, 4.69) is 20.3 Å². The van der Waals surface area contributed by atoms with E-state index in [1.165, 1.54) is 12.5 Å². The third-order valence-electron chi connectivity index (χ3n) is 1.50. The molecular formula is C8H8ClN3O4S. The minimum absolute atomic E-state index is 0.106. The number of halogens is 1. The second-order valence-electron chi connectivity index (χ2n) is 2.65. The molecule has 0 radical (unpaired) electrons. The summed E-state index contributed by atoms with van der Waals surface area (Å²) in [4.78, 5) is 30.1. The van der Waals surface area contributed by atoms with Gasteiger partial charge in [0.1, 0.15) is 18.7 Å². The zero-order valence-corrected chi connectivity index (χ0v) is 10.2. The summed E-state index contributed by atoms with van der Waals surface area (Å²) < 4.78 is 0. The Morgan fingerprint density at radius 2 is 2.41 bits per heavy atom. The normalized spacial score (nSPS) is 11.1. The zero-order valence-electron chi connectivity index (χ0n) is 8.64. The van der Waals surface area contributed by atoms with Gasteiger partial charge in [0.05, 0.1) is 0 Å². The van der Waals surface area contributed by atoms with Crippen molar-refractivity contribution in [1.82, 2.24) is 4.98 Å². The fourth-order valence-corrected chi connectivity index (χ4v) is 1.66. The SMILES string of the molecule is CON=C(C(=O)O)c1csc(NC(=O)CCl)n1. The van der Waals surface area contributed by atoms with E-state index in [1.54, 1.807) is 0 Å². The van der Waals surface area contributed by atoms with Crippen molar-refractivity contribution < 1.29 is 19.5 Å². The fraction of sp³-hybridized carbons (Fsp3) is 0.250. The molecule has 0 unspecified atom stereocenters. The number of anilines is 1. The number of nitrogens with one attached hydrogen (secondary N) is 1. The van der Waals surface area contributed by atoms with E-state index in [0.717, 1.165) is 11.3 Å². The summed E-state index contributed by atoms with van der Waals surface area (Å²) in [6, 6.07) is 0. The van der Waals surface area contributed by atoms with Crippen LogP contribution in [0.4, 0.5) is 5.13 Å². The van der Waals surface area contributed by atoms with Gasteiger partial charge in [0.2, 0.25) is 11.6 Å². The van der Waals surface area contributed by atoms with Gasteiger partial charge in [-0.1, -0.05) is 5.16 Å². The number of carboxylic acid groups (broad SMARTS) is 1. The first-order valence-electron chi connectivity index (χ1n) is 4.24. The van der Waals surface area contributed by atoms with Crippen LogP contribution >= 0.6 is 22.9 Å². The van der Waals surface area contributed by atoms with Crippen LogP contribution in [0.25, 0.3) is 0 Å². The van der Waals surface area contributed by atoms with E-state index in [1.807, 2.05) is 0 Å². The molecule has 0 saturated heterocycles. The van der Waals surface area contributed by atoms with Crippen molar-refractivity contribution in [2.24, 2.45) is 5.16 Å². The average Bonchev–Trinajstić information content (AvgIpc) is 2.73. The van der Waals surface area contributed by atoms with Crippen LogP contribution in [0.3, 0.4) is 0 Å². The molecule has 17 heavy (non-hydrogen) atoms. The Balaban J connectivity index is 2.89. The molecule has 0 aromatic carbocycles. The molecule has 1 aromatic rings. The summed E-state index contributed by atoms with van der Waals surface area (Å²) in [7, 11) is 1.23. The monoisotopic (exact) mass is 277 g/mol. The van der Waals surface area contributed by atoms with Crippen LogP contribution in [0.1, 0.15) is 5.69 Å². The molecule has 0 aliphatic rings. The molecule has 7 nitrogen and oxygen atoms in total. The molecule has 0 spiro atoms. The molecule has 1 heterocycles. The lowest BCUT2D eigenvalue weighted by molar-refractivity contribution is -0.129. The number of hydrogen-bond acceptors (Lipinski definition) is 6. The molecule has 1 aromatic heterocycles. The van der Waals surface area contributed by atoms with E-state index in [-0.39, 0.29) is 22.4 Å². The molecule has 0 aliphatic heterocycles. The molecule has 9 heteroatoms. The molecule has 0 aliphatic carbocycles. The standard InChI is InChI=1S/C8H8ClN3O4S/c1-16-12-6(7(14)15)4-3-17-8(10-4)11-5(13)2-9/h3H,2H2,1H3,(H,14,15)(H,10,11,13). The number of alkyl halides is 1. The second kappa shape index (κ2) is 6.16. The molecule has 92 valence electrons. The molecular weight excluding hydrogens is 270 g/mol. The summed E-state index contributed by atoms with van der Waals surface area (Å²) in [5, 5.41) is 16.3. The number of carbonyl (C=O) groups excluding carboxylic acids is 1. The second-order valence-corrected chi connectivity index (χ2v) is 3.77. The number of rotatable bonds is 5. The van der Waals surface area contributed by atoms with Crippen LogP contribution in [0.2, 0.25) is 0 Å². The Morgan fingerprint density at radius 3 is 2.94 bits per heavy atom. The summed E-state index contributed by atoms with van der Waals surface area (Å²) in [5.41, 5.74) is -0.232. The highest BCUT2D eigenvalue weighted by Crippen LogP contribution is 2.16. The van der Waals surface area contributed by atoms with Crippen molar-refractivity contribution in [1.29, 1.82) is 0 Å². The molecule has 0 bridgehead atoms. The van der Waals surface area contributed by atoms with Gasteiger partial charge in [0.15, 0.2) is 5.13 Å². The summed E-state index contributed by atoms with van der Waals surface area (Å²) in [5.74, 6) is -1.90. The van der Waals surface area contributed by atoms with Gasteiger partial charge in [-0.3, -0.25) is 4.79 Å². The molecule has 0 saturated carbocycles. The maximum Gasteiger partial charge on any atom is 0.360 e. The first-order valence-corrected chi connectivity index (χ1v) is 5.66. The van der Waals surface area contributed by atoms with Crippen LogP contribution in [-0.2, 0) is 14.4 Å². The predicted octanol–water partition coefficient (Wildman–Crippen LogP) is 0.756. The predicted molar refractivity (Wildman–Crippen MR) is 62.6 cm³/mol. The van der Waals surface area contributed by atoms with Gasteiger partial charge in [-0.2, -0.15) is 0 Å². The lowest BCUT2D eigenvalue weighted by Gasteiger charge is -1.97. The number of hydrogen-bond donors (Lipinski definition) is 2. The number of carbonyl (C=O) groups is 2. The Labute approximate surface area is 105 Å². The molecule has 0 atom stereocenters. The van der Waals surface area contributed by atoms with E-state index in [9.17, 15) is 9.59 Å². The Hall–Kier alpha value is -1.67. The zero-order chi connectivity index (χ0) is 12.8. The maximum atomic E-state index is 11.0. The van der Waals surface area contributed by atoms with Gasteiger partial charge in [0, 0.05) is 5.38 Å². The van der Waals surface area contributed by atoms with Crippen LogP contribution in [0, 0.1) is 0 Å².